The first-order valence-electron chi connectivity index (χ1n) is 11.4. The van der Waals surface area contributed by atoms with Crippen LogP contribution in [0.3, 0.4) is 0 Å². The van der Waals surface area contributed by atoms with E-state index < -0.39 is 34.3 Å². The Kier molecular flexibility index (Phi) is 5.36. The van der Waals surface area contributed by atoms with E-state index in [2.05, 4.69) is 0 Å². The van der Waals surface area contributed by atoms with Crippen LogP contribution in [0.1, 0.15) is 33.7 Å². The highest BCUT2D eigenvalue weighted by Crippen LogP contribution is 2.41. The van der Waals surface area contributed by atoms with Crippen molar-refractivity contribution in [3.05, 3.63) is 118 Å². The van der Waals surface area contributed by atoms with Crippen molar-refractivity contribution >= 4 is 21.5 Å². The Hall–Kier alpha value is -4.27. The molecule has 0 fully saturated rings. The molecule has 3 aromatic carbocycles. The van der Waals surface area contributed by atoms with Gasteiger partial charge in [-0.15, -0.1) is 0 Å². The van der Waals surface area contributed by atoms with Crippen molar-refractivity contribution in [3.63, 3.8) is 0 Å². The number of hydrogen-bond donors (Lipinski definition) is 0. The molecule has 0 spiro atoms. The maximum atomic E-state index is 14.2. The van der Waals surface area contributed by atoms with E-state index in [1.54, 1.807) is 13.0 Å². The van der Waals surface area contributed by atoms with Gasteiger partial charge in [-0.25, -0.2) is 4.57 Å². The number of benzene rings is 3. The summed E-state index contributed by atoms with van der Waals surface area (Å²) >= 11 is 0. The second kappa shape index (κ2) is 8.12. The maximum absolute atomic E-state index is 14.2. The highest BCUT2D eigenvalue weighted by Gasteiger charge is 2.42. The second-order valence-electron chi connectivity index (χ2n) is 9.42. The minimum atomic E-state index is -4.57. The van der Waals surface area contributed by atoms with Gasteiger partial charge < -0.3 is 0 Å². The lowest BCUT2D eigenvalue weighted by Gasteiger charge is -2.23. The fourth-order valence-electron chi connectivity index (χ4n) is 4.94. The normalized spacial score (nSPS) is 13.1. The van der Waals surface area contributed by atoms with E-state index in [0.29, 0.717) is 5.56 Å². The van der Waals surface area contributed by atoms with Crippen LogP contribution >= 0.6 is 0 Å². The first-order chi connectivity index (χ1) is 17.3. The Balaban J connectivity index is 1.70. The van der Waals surface area contributed by atoms with Crippen LogP contribution in [0.5, 0.6) is 0 Å². The zero-order valence-corrected chi connectivity index (χ0v) is 20.4. The van der Waals surface area contributed by atoms with Gasteiger partial charge in [0.25, 0.3) is 22.2 Å². The fraction of sp³-hybridized carbons (Fsp3) is 0.214. The summed E-state index contributed by atoms with van der Waals surface area (Å²) in [6.45, 7) is 5.09. The van der Waals surface area contributed by atoms with Gasteiger partial charge in [0.1, 0.15) is 5.92 Å². The molecule has 0 bridgehead atoms. The Morgan fingerprint density at radius 3 is 1.54 bits per heavy atom. The summed E-state index contributed by atoms with van der Waals surface area (Å²) in [5.41, 5.74) is -0.466. The van der Waals surface area contributed by atoms with Gasteiger partial charge in [0.15, 0.2) is 0 Å². The highest BCUT2D eigenvalue weighted by atomic mass is 19.4. The minimum absolute atomic E-state index is 0.0215. The Labute approximate surface area is 207 Å². The summed E-state index contributed by atoms with van der Waals surface area (Å²) in [5.74, 6) is -1.89. The van der Waals surface area contributed by atoms with Gasteiger partial charge in [-0.2, -0.15) is 13.2 Å². The van der Waals surface area contributed by atoms with Crippen LogP contribution in [0.2, 0.25) is 0 Å². The zero-order valence-electron chi connectivity index (χ0n) is 20.4. The number of aromatic nitrogens is 2. The molecule has 5 aromatic rings. The van der Waals surface area contributed by atoms with Gasteiger partial charge in [-0.05, 0) is 66.8 Å². The third kappa shape index (κ3) is 3.64. The van der Waals surface area contributed by atoms with E-state index in [4.69, 9.17) is 0 Å². The number of alkyl halides is 3. The highest BCUT2D eigenvalue weighted by molar-refractivity contribution is 5.98. The van der Waals surface area contributed by atoms with Gasteiger partial charge in [0.05, 0.1) is 27.2 Å². The van der Waals surface area contributed by atoms with E-state index in [0.717, 1.165) is 20.3 Å². The Morgan fingerprint density at radius 1 is 0.622 bits per heavy atom. The summed E-state index contributed by atoms with van der Waals surface area (Å²) in [5, 5.41) is -0.00980. The monoisotopic (exact) mass is 506 g/mol. The molecular formula is C28H21F3N2O4. The summed E-state index contributed by atoms with van der Waals surface area (Å²) in [6.07, 6.45) is -4.57. The van der Waals surface area contributed by atoms with Gasteiger partial charge in [-0.3, -0.25) is 23.7 Å². The Bertz CT molecular complexity index is 1880. The molecule has 0 amide bonds. The fourth-order valence-corrected chi connectivity index (χ4v) is 4.94. The van der Waals surface area contributed by atoms with Crippen LogP contribution < -0.4 is 22.2 Å². The van der Waals surface area contributed by atoms with Crippen molar-refractivity contribution in [3.8, 4) is 5.69 Å². The van der Waals surface area contributed by atoms with Gasteiger partial charge in [-0.1, -0.05) is 30.3 Å². The first-order valence-corrected chi connectivity index (χ1v) is 11.4. The van der Waals surface area contributed by atoms with Crippen molar-refractivity contribution in [1.82, 2.24) is 9.13 Å². The molecule has 2 heterocycles. The molecule has 2 aromatic heterocycles. The molecule has 1 atom stereocenters. The van der Waals surface area contributed by atoms with Crippen LogP contribution in [0.4, 0.5) is 13.2 Å². The zero-order chi connectivity index (χ0) is 27.0. The predicted molar refractivity (Wildman–Crippen MR) is 136 cm³/mol. The summed E-state index contributed by atoms with van der Waals surface area (Å²) in [6, 6.07) is 11.0. The van der Waals surface area contributed by atoms with Crippen LogP contribution in [0, 0.1) is 20.8 Å². The number of aryl methyl sites for hydroxylation is 3. The number of hydrogen-bond acceptors (Lipinski definition) is 4. The predicted octanol–water partition coefficient (Wildman–Crippen LogP) is 4.06. The van der Waals surface area contributed by atoms with Crippen molar-refractivity contribution in [2.75, 3.05) is 0 Å². The van der Waals surface area contributed by atoms with Crippen LogP contribution in [-0.2, 0) is 7.05 Å². The number of halogens is 3. The minimum Gasteiger partial charge on any atom is -0.277 e. The van der Waals surface area contributed by atoms with E-state index >= 15 is 0 Å². The summed E-state index contributed by atoms with van der Waals surface area (Å²) < 4.78 is 44.3. The molecule has 0 N–H and O–H groups in total. The maximum Gasteiger partial charge on any atom is 0.399 e. The third-order valence-electron chi connectivity index (χ3n) is 7.08. The molecule has 9 heteroatoms. The van der Waals surface area contributed by atoms with Crippen molar-refractivity contribution in [1.29, 1.82) is 0 Å². The molecule has 5 rings (SSSR count). The van der Waals surface area contributed by atoms with Crippen LogP contribution in [0.15, 0.2) is 67.7 Å². The first kappa shape index (κ1) is 24.4. The largest absolute Gasteiger partial charge is 0.399 e. The van der Waals surface area contributed by atoms with Crippen LogP contribution in [-0.4, -0.2) is 15.3 Å². The number of rotatable bonds is 3. The molecule has 188 valence electrons. The lowest BCUT2D eigenvalue weighted by Crippen LogP contribution is -2.25. The molecule has 0 saturated heterocycles. The topological polar surface area (TPSA) is 78.1 Å². The SMILES string of the molecule is Cc1ccc(C(c2ccc(-n3c(=O)c4cc5c(=O)n(C)c(=O)c5cc4c3=O)c(C)c2)C(F)(F)F)cc1C. The molecule has 6 nitrogen and oxygen atoms in total. The van der Waals surface area contributed by atoms with Gasteiger partial charge >= 0.3 is 6.18 Å². The number of nitrogens with zero attached hydrogens (tertiary/aromatic N) is 2. The smallest absolute Gasteiger partial charge is 0.277 e. The molecule has 1 unspecified atom stereocenters. The lowest BCUT2D eigenvalue weighted by atomic mass is 9.88. The molecule has 37 heavy (non-hydrogen) atoms. The van der Waals surface area contributed by atoms with E-state index in [1.807, 2.05) is 6.92 Å². The quantitative estimate of drug-likeness (QED) is 0.370. The van der Waals surface area contributed by atoms with E-state index in [-0.39, 0.29) is 38.4 Å². The molecule has 0 aliphatic heterocycles. The summed E-state index contributed by atoms with van der Waals surface area (Å²) in [4.78, 5) is 51.1. The third-order valence-corrected chi connectivity index (χ3v) is 7.08. The van der Waals surface area contributed by atoms with Gasteiger partial charge in [0, 0.05) is 7.05 Å². The average Bonchev–Trinajstić information content (AvgIpc) is 3.19. The average molecular weight is 506 g/mol. The van der Waals surface area contributed by atoms with Crippen molar-refractivity contribution in [2.45, 2.75) is 32.9 Å². The molecule has 0 aliphatic rings. The van der Waals surface area contributed by atoms with E-state index in [1.165, 1.54) is 56.4 Å². The molecule has 0 saturated carbocycles. The van der Waals surface area contributed by atoms with Crippen molar-refractivity contribution in [2.24, 2.45) is 7.05 Å². The lowest BCUT2D eigenvalue weighted by molar-refractivity contribution is -0.141. The second-order valence-corrected chi connectivity index (χ2v) is 9.42. The number of fused-ring (bicyclic) bond motifs is 2. The molecular weight excluding hydrogens is 485 g/mol. The van der Waals surface area contributed by atoms with E-state index in [9.17, 15) is 32.3 Å². The van der Waals surface area contributed by atoms with Crippen molar-refractivity contribution < 1.29 is 13.2 Å². The van der Waals surface area contributed by atoms with Crippen LogP contribution in [0.25, 0.3) is 27.2 Å². The molecule has 0 aliphatic carbocycles. The standard InChI is InChI=1S/C28H21F3N2O4/c1-13-5-6-16(9-14(13)2)23(28(29,30)31)17-7-8-22(15(3)10-17)33-26(36)20-11-18-19(12-21(20)27(33)37)25(35)32(4)24(18)34/h5-12,23H,1-4H3. The Morgan fingerprint density at radius 2 is 1.08 bits per heavy atom. The summed E-state index contributed by atoms with van der Waals surface area (Å²) in [7, 11) is 1.31. The molecule has 0 radical (unpaired) electrons. The van der Waals surface area contributed by atoms with Gasteiger partial charge in [0.2, 0.25) is 0 Å².